The normalized spacial score (nSPS) is 22.3. The maximum Gasteiger partial charge on any atom is 0.264 e. The molecule has 2 aromatic carbocycles. The Morgan fingerprint density at radius 3 is 2.70 bits per heavy atom. The molecular formula is C19H18N2OS. The molecule has 1 N–H and O–H groups in total. The minimum absolute atomic E-state index is 0.0418. The molecule has 23 heavy (non-hydrogen) atoms. The SMILES string of the molecule is O=C1NC(=NC2CCCC2)SC1=Cc1ccc2ccccc2c1. The van der Waals surface area contributed by atoms with Crippen LogP contribution in [0.25, 0.3) is 16.8 Å². The lowest BCUT2D eigenvalue weighted by atomic mass is 10.1. The summed E-state index contributed by atoms with van der Waals surface area (Å²) in [5, 5.41) is 6.05. The first-order valence-corrected chi connectivity index (χ1v) is 8.87. The second-order valence-electron chi connectivity index (χ2n) is 6.04. The summed E-state index contributed by atoms with van der Waals surface area (Å²) in [6, 6.07) is 14.9. The summed E-state index contributed by atoms with van der Waals surface area (Å²) < 4.78 is 0. The summed E-state index contributed by atoms with van der Waals surface area (Å²) in [4.78, 5) is 17.5. The molecule has 1 aliphatic carbocycles. The summed E-state index contributed by atoms with van der Waals surface area (Å²) >= 11 is 1.46. The molecule has 0 spiro atoms. The Morgan fingerprint density at radius 2 is 1.87 bits per heavy atom. The molecule has 0 bridgehead atoms. The molecule has 2 aromatic rings. The van der Waals surface area contributed by atoms with Gasteiger partial charge in [0.15, 0.2) is 5.17 Å². The summed E-state index contributed by atoms with van der Waals surface area (Å²) in [6.45, 7) is 0. The van der Waals surface area contributed by atoms with Gasteiger partial charge in [-0.1, -0.05) is 49.2 Å². The topological polar surface area (TPSA) is 41.5 Å². The molecule has 4 rings (SSSR count). The van der Waals surface area contributed by atoms with E-state index >= 15 is 0 Å². The van der Waals surface area contributed by atoms with Gasteiger partial charge >= 0.3 is 0 Å². The third-order valence-electron chi connectivity index (χ3n) is 4.35. The highest BCUT2D eigenvalue weighted by molar-refractivity contribution is 8.18. The molecule has 1 saturated heterocycles. The third-order valence-corrected chi connectivity index (χ3v) is 5.27. The number of thioether (sulfide) groups is 1. The van der Waals surface area contributed by atoms with Crippen LogP contribution in [0.3, 0.4) is 0 Å². The maximum atomic E-state index is 12.1. The van der Waals surface area contributed by atoms with Gasteiger partial charge in [0, 0.05) is 0 Å². The van der Waals surface area contributed by atoms with Crippen molar-refractivity contribution in [3.05, 3.63) is 52.9 Å². The van der Waals surface area contributed by atoms with E-state index in [2.05, 4.69) is 40.6 Å². The molecule has 4 heteroatoms. The number of carbonyl (C=O) groups excluding carboxylic acids is 1. The first kappa shape index (κ1) is 14.5. The van der Waals surface area contributed by atoms with Crippen LogP contribution in [0.4, 0.5) is 0 Å². The Bertz CT molecular complexity index is 819. The standard InChI is InChI=1S/C19H18N2OS/c22-18-17(23-19(21-18)20-16-7-3-4-8-16)12-13-9-10-14-5-1-2-6-15(14)11-13/h1-2,5-6,9-12,16H,3-4,7-8H2,(H,20,21,22). The Balaban J connectivity index is 1.58. The van der Waals surface area contributed by atoms with Gasteiger partial charge in [-0.15, -0.1) is 0 Å². The van der Waals surface area contributed by atoms with Crippen LogP contribution < -0.4 is 5.32 Å². The summed E-state index contributed by atoms with van der Waals surface area (Å²) in [5.74, 6) is -0.0418. The molecule has 0 radical (unpaired) electrons. The highest BCUT2D eigenvalue weighted by Gasteiger charge is 2.25. The third kappa shape index (κ3) is 3.17. The average molecular weight is 322 g/mol. The van der Waals surface area contributed by atoms with Crippen molar-refractivity contribution >= 4 is 39.7 Å². The number of amidine groups is 1. The lowest BCUT2D eigenvalue weighted by molar-refractivity contribution is -0.115. The quantitative estimate of drug-likeness (QED) is 0.836. The summed E-state index contributed by atoms with van der Waals surface area (Å²) in [7, 11) is 0. The van der Waals surface area contributed by atoms with Crippen molar-refractivity contribution in [3.8, 4) is 0 Å². The fraction of sp³-hybridized carbons (Fsp3) is 0.263. The Labute approximate surface area is 139 Å². The van der Waals surface area contributed by atoms with E-state index in [1.807, 2.05) is 18.2 Å². The van der Waals surface area contributed by atoms with Gasteiger partial charge in [-0.2, -0.15) is 0 Å². The number of amides is 1. The molecule has 116 valence electrons. The minimum atomic E-state index is -0.0418. The number of carbonyl (C=O) groups is 1. The Kier molecular flexibility index (Phi) is 3.92. The molecule has 0 atom stereocenters. The highest BCUT2D eigenvalue weighted by atomic mass is 32.2. The summed E-state index contributed by atoms with van der Waals surface area (Å²) in [6.07, 6.45) is 6.73. The number of benzene rings is 2. The fourth-order valence-corrected chi connectivity index (χ4v) is 4.03. The monoisotopic (exact) mass is 322 g/mol. The van der Waals surface area contributed by atoms with Crippen LogP contribution >= 0.6 is 11.8 Å². The smallest absolute Gasteiger partial charge is 0.264 e. The molecule has 3 nitrogen and oxygen atoms in total. The van der Waals surface area contributed by atoms with Gasteiger partial charge in [0.05, 0.1) is 10.9 Å². The van der Waals surface area contributed by atoms with Gasteiger partial charge in [0.2, 0.25) is 0 Å². The largest absolute Gasteiger partial charge is 0.301 e. The zero-order valence-corrected chi connectivity index (χ0v) is 13.6. The van der Waals surface area contributed by atoms with E-state index in [9.17, 15) is 4.79 Å². The van der Waals surface area contributed by atoms with E-state index in [4.69, 9.17) is 0 Å². The lowest BCUT2D eigenvalue weighted by Crippen LogP contribution is -2.21. The second kappa shape index (κ2) is 6.20. The molecule has 2 fully saturated rings. The van der Waals surface area contributed by atoms with Crippen LogP contribution in [0.15, 0.2) is 52.4 Å². The van der Waals surface area contributed by atoms with Crippen molar-refractivity contribution in [2.24, 2.45) is 4.99 Å². The molecule has 1 heterocycles. The first-order valence-electron chi connectivity index (χ1n) is 8.05. The molecule has 1 saturated carbocycles. The van der Waals surface area contributed by atoms with Gasteiger partial charge in [0.1, 0.15) is 0 Å². The molecule has 2 aliphatic rings. The number of nitrogens with zero attached hydrogens (tertiary/aromatic N) is 1. The van der Waals surface area contributed by atoms with Crippen LogP contribution in [0.5, 0.6) is 0 Å². The first-order chi connectivity index (χ1) is 11.3. The molecule has 1 aliphatic heterocycles. The van der Waals surface area contributed by atoms with E-state index in [1.54, 1.807) is 0 Å². The van der Waals surface area contributed by atoms with Crippen molar-refractivity contribution in [1.29, 1.82) is 0 Å². The van der Waals surface area contributed by atoms with Gasteiger partial charge in [0.25, 0.3) is 5.91 Å². The van der Waals surface area contributed by atoms with E-state index in [-0.39, 0.29) is 5.91 Å². The van der Waals surface area contributed by atoms with E-state index in [0.29, 0.717) is 6.04 Å². The van der Waals surface area contributed by atoms with Gasteiger partial charge in [-0.25, -0.2) is 0 Å². The summed E-state index contributed by atoms with van der Waals surface area (Å²) in [5.41, 5.74) is 1.04. The molecular weight excluding hydrogens is 304 g/mol. The predicted octanol–water partition coefficient (Wildman–Crippen LogP) is 4.34. The second-order valence-corrected chi connectivity index (χ2v) is 7.07. The lowest BCUT2D eigenvalue weighted by Gasteiger charge is -2.02. The fourth-order valence-electron chi connectivity index (χ4n) is 3.14. The molecule has 0 unspecified atom stereocenters. The maximum absolute atomic E-state index is 12.1. The van der Waals surface area contributed by atoms with Gasteiger partial charge < -0.3 is 5.32 Å². The van der Waals surface area contributed by atoms with Gasteiger partial charge in [-0.05, 0) is 53.1 Å². The van der Waals surface area contributed by atoms with Crippen molar-refractivity contribution in [2.45, 2.75) is 31.7 Å². The Hall–Kier alpha value is -2.07. The van der Waals surface area contributed by atoms with Crippen molar-refractivity contribution < 1.29 is 4.79 Å². The molecule has 1 amide bonds. The van der Waals surface area contributed by atoms with Crippen LogP contribution in [0.1, 0.15) is 31.2 Å². The van der Waals surface area contributed by atoms with E-state index in [1.165, 1.54) is 35.4 Å². The molecule has 0 aromatic heterocycles. The number of hydrogen-bond acceptors (Lipinski definition) is 3. The number of aliphatic imine (C=N–C) groups is 1. The van der Waals surface area contributed by atoms with Gasteiger partial charge in [-0.3, -0.25) is 9.79 Å². The number of hydrogen-bond donors (Lipinski definition) is 1. The number of rotatable bonds is 2. The minimum Gasteiger partial charge on any atom is -0.301 e. The van der Waals surface area contributed by atoms with Crippen LogP contribution in [-0.2, 0) is 4.79 Å². The number of nitrogens with one attached hydrogen (secondary N) is 1. The van der Waals surface area contributed by atoms with Crippen LogP contribution in [0.2, 0.25) is 0 Å². The zero-order chi connectivity index (χ0) is 15.6. The van der Waals surface area contributed by atoms with Crippen molar-refractivity contribution in [1.82, 2.24) is 5.32 Å². The van der Waals surface area contributed by atoms with E-state index in [0.717, 1.165) is 28.5 Å². The van der Waals surface area contributed by atoms with Crippen molar-refractivity contribution in [3.63, 3.8) is 0 Å². The van der Waals surface area contributed by atoms with Crippen molar-refractivity contribution in [2.75, 3.05) is 0 Å². The number of fused-ring (bicyclic) bond motifs is 1. The Morgan fingerprint density at radius 1 is 1.09 bits per heavy atom. The predicted molar refractivity (Wildman–Crippen MR) is 97.3 cm³/mol. The highest BCUT2D eigenvalue weighted by Crippen LogP contribution is 2.29. The average Bonchev–Trinajstić information content (AvgIpc) is 3.18. The zero-order valence-electron chi connectivity index (χ0n) is 12.8. The van der Waals surface area contributed by atoms with E-state index < -0.39 is 0 Å². The van der Waals surface area contributed by atoms with Crippen LogP contribution in [0, 0.1) is 0 Å². The van der Waals surface area contributed by atoms with Crippen LogP contribution in [-0.4, -0.2) is 17.1 Å².